The van der Waals surface area contributed by atoms with E-state index in [1.807, 2.05) is 0 Å². The van der Waals surface area contributed by atoms with Crippen LogP contribution in [-0.4, -0.2) is 17.5 Å². The number of nitrogens with zero attached hydrogens (tertiary/aromatic N) is 1. The van der Waals surface area contributed by atoms with Gasteiger partial charge in [-0.15, -0.1) is 0 Å². The summed E-state index contributed by atoms with van der Waals surface area (Å²) in [5, 5.41) is 2.42. The van der Waals surface area contributed by atoms with Gasteiger partial charge in [-0.05, 0) is 42.5 Å². The molecule has 0 atom stereocenters. The number of furan rings is 1. The van der Waals surface area contributed by atoms with Crippen molar-refractivity contribution in [2.45, 2.75) is 12.8 Å². The van der Waals surface area contributed by atoms with E-state index in [9.17, 15) is 26.7 Å². The van der Waals surface area contributed by atoms with Gasteiger partial charge in [0.2, 0.25) is 0 Å². The van der Waals surface area contributed by atoms with Crippen molar-refractivity contribution in [3.8, 4) is 5.75 Å². The number of aromatic nitrogens is 1. The van der Waals surface area contributed by atoms with Gasteiger partial charge in [-0.2, -0.15) is 22.0 Å². The van der Waals surface area contributed by atoms with Crippen LogP contribution in [0.4, 0.5) is 27.6 Å². The third-order valence-electron chi connectivity index (χ3n) is 4.29. The molecule has 30 heavy (non-hydrogen) atoms. The Bertz CT molecular complexity index is 1240. The molecule has 2 aromatic carbocycles. The number of hydrogen-bond donors (Lipinski definition) is 1. The molecular formula is C20H11F5N2O3. The van der Waals surface area contributed by atoms with Gasteiger partial charge in [0.1, 0.15) is 5.58 Å². The largest absolute Gasteiger partial charge is 0.452 e. The lowest BCUT2D eigenvalue weighted by Crippen LogP contribution is -2.13. The van der Waals surface area contributed by atoms with Crippen LogP contribution in [0.25, 0.3) is 21.9 Å². The fourth-order valence-corrected chi connectivity index (χ4v) is 3.05. The van der Waals surface area contributed by atoms with E-state index in [1.54, 1.807) is 12.1 Å². The lowest BCUT2D eigenvalue weighted by atomic mass is 10.0. The number of carbonyl (C=O) groups excluding carboxylic acids is 1. The molecular weight excluding hydrogens is 411 g/mol. The molecule has 4 rings (SSSR count). The molecule has 0 aliphatic carbocycles. The molecule has 0 saturated heterocycles. The molecule has 1 amide bonds. The first-order valence-corrected chi connectivity index (χ1v) is 8.46. The highest BCUT2D eigenvalue weighted by molar-refractivity contribution is 6.20. The van der Waals surface area contributed by atoms with Gasteiger partial charge in [-0.25, -0.2) is 0 Å². The van der Waals surface area contributed by atoms with Gasteiger partial charge in [0.25, 0.3) is 5.91 Å². The second-order valence-electron chi connectivity index (χ2n) is 6.20. The number of anilines is 1. The highest BCUT2D eigenvalue weighted by atomic mass is 19.4. The minimum absolute atomic E-state index is 0.0151. The fraction of sp³-hybridized carbons (Fsp3) is 0.100. The number of amides is 1. The third kappa shape index (κ3) is 3.63. The summed E-state index contributed by atoms with van der Waals surface area (Å²) in [6, 6.07) is 8.08. The highest BCUT2D eigenvalue weighted by Gasteiger charge is 2.32. The van der Waals surface area contributed by atoms with Crippen LogP contribution < -0.4 is 10.1 Å². The molecule has 0 aliphatic rings. The number of hydrogen-bond acceptors (Lipinski definition) is 4. The molecule has 2 heterocycles. The summed E-state index contributed by atoms with van der Waals surface area (Å²) in [6.45, 7) is -3.19. The van der Waals surface area contributed by atoms with Crippen molar-refractivity contribution >= 4 is 33.5 Å². The Kier molecular flexibility index (Phi) is 4.76. The SMILES string of the molecule is O=C(Nc1cccnc1)c1ccc(OC(F)F)c2oc3ccc(C(F)(F)F)cc3c12. The van der Waals surface area contributed by atoms with Crippen molar-refractivity contribution in [1.82, 2.24) is 4.98 Å². The maximum Gasteiger partial charge on any atom is 0.416 e. The number of benzene rings is 2. The molecule has 0 fully saturated rings. The molecule has 2 aromatic heterocycles. The highest BCUT2D eigenvalue weighted by Crippen LogP contribution is 2.40. The van der Waals surface area contributed by atoms with E-state index in [1.165, 1.54) is 18.5 Å². The summed E-state index contributed by atoms with van der Waals surface area (Å²) in [7, 11) is 0. The zero-order chi connectivity index (χ0) is 21.5. The van der Waals surface area contributed by atoms with Crippen LogP contribution in [0.5, 0.6) is 5.75 Å². The Morgan fingerprint density at radius 1 is 1.13 bits per heavy atom. The minimum atomic E-state index is -4.65. The topological polar surface area (TPSA) is 64.4 Å². The molecule has 5 nitrogen and oxygen atoms in total. The molecule has 4 aromatic rings. The molecule has 1 N–H and O–H groups in total. The van der Waals surface area contributed by atoms with Crippen LogP contribution in [-0.2, 0) is 6.18 Å². The summed E-state index contributed by atoms with van der Waals surface area (Å²) >= 11 is 0. The van der Waals surface area contributed by atoms with E-state index in [-0.39, 0.29) is 27.5 Å². The van der Waals surface area contributed by atoms with Crippen molar-refractivity contribution in [2.24, 2.45) is 0 Å². The second kappa shape index (κ2) is 7.29. The van der Waals surface area contributed by atoms with Crippen LogP contribution in [0.15, 0.2) is 59.3 Å². The molecule has 0 unspecified atom stereocenters. The standard InChI is InChI=1S/C20H11F5N2O3/c21-19(22)30-15-6-4-12(18(28)27-11-2-1-7-26-9-11)16-13-8-10(20(23,24)25)3-5-14(13)29-17(15)16/h1-9,19H,(H,27,28). The number of pyridine rings is 1. The Balaban J connectivity index is 1.93. The Hall–Kier alpha value is -3.69. The molecule has 10 heteroatoms. The molecule has 0 aliphatic heterocycles. The minimum Gasteiger partial charge on any atom is -0.452 e. The van der Waals surface area contributed by atoms with Crippen molar-refractivity contribution in [1.29, 1.82) is 0 Å². The summed E-state index contributed by atoms with van der Waals surface area (Å²) in [5.41, 5.74) is -0.986. The van der Waals surface area contributed by atoms with E-state index in [0.717, 1.165) is 24.3 Å². The first kappa shape index (κ1) is 19.6. The van der Waals surface area contributed by atoms with E-state index >= 15 is 0 Å². The Labute approximate surface area is 165 Å². The smallest absolute Gasteiger partial charge is 0.416 e. The normalized spacial score (nSPS) is 11.9. The van der Waals surface area contributed by atoms with Crippen molar-refractivity contribution in [2.75, 3.05) is 5.32 Å². The Morgan fingerprint density at radius 2 is 1.93 bits per heavy atom. The Morgan fingerprint density at radius 3 is 2.60 bits per heavy atom. The number of halogens is 5. The predicted octanol–water partition coefficient (Wildman–Crippen LogP) is 5.85. The van der Waals surface area contributed by atoms with Gasteiger partial charge in [0.15, 0.2) is 11.3 Å². The zero-order valence-corrected chi connectivity index (χ0v) is 14.8. The molecule has 0 bridgehead atoms. The molecule has 154 valence electrons. The third-order valence-corrected chi connectivity index (χ3v) is 4.29. The maximum atomic E-state index is 13.2. The van der Waals surface area contributed by atoms with Gasteiger partial charge in [0, 0.05) is 17.0 Å². The summed E-state index contributed by atoms with van der Waals surface area (Å²) in [5.74, 6) is -1.08. The van der Waals surface area contributed by atoms with Crippen molar-refractivity contribution in [3.63, 3.8) is 0 Å². The van der Waals surface area contributed by atoms with E-state index in [0.29, 0.717) is 5.69 Å². The van der Waals surface area contributed by atoms with Crippen LogP contribution in [0.2, 0.25) is 0 Å². The van der Waals surface area contributed by atoms with Gasteiger partial charge in [-0.1, -0.05) is 0 Å². The lowest BCUT2D eigenvalue weighted by Gasteiger charge is -2.09. The quantitative estimate of drug-likeness (QED) is 0.419. The fourth-order valence-electron chi connectivity index (χ4n) is 3.05. The maximum absolute atomic E-state index is 13.2. The predicted molar refractivity (Wildman–Crippen MR) is 97.5 cm³/mol. The number of ether oxygens (including phenoxy) is 1. The second-order valence-corrected chi connectivity index (χ2v) is 6.20. The summed E-state index contributed by atoms with van der Waals surface area (Å²) < 4.78 is 75.0. The van der Waals surface area contributed by atoms with Gasteiger partial charge in [0.05, 0.1) is 23.0 Å². The number of fused-ring (bicyclic) bond motifs is 3. The van der Waals surface area contributed by atoms with E-state index in [4.69, 9.17) is 4.42 Å². The zero-order valence-electron chi connectivity index (χ0n) is 14.8. The average molecular weight is 422 g/mol. The first-order chi connectivity index (χ1) is 14.2. The van der Waals surface area contributed by atoms with Gasteiger partial charge >= 0.3 is 12.8 Å². The summed E-state index contributed by atoms with van der Waals surface area (Å²) in [4.78, 5) is 16.7. The lowest BCUT2D eigenvalue weighted by molar-refractivity contribution is -0.137. The van der Waals surface area contributed by atoms with Gasteiger partial charge in [-0.3, -0.25) is 9.78 Å². The molecule has 0 saturated carbocycles. The number of rotatable bonds is 4. The van der Waals surface area contributed by atoms with E-state index < -0.39 is 30.0 Å². The van der Waals surface area contributed by atoms with Crippen LogP contribution in [0.1, 0.15) is 15.9 Å². The van der Waals surface area contributed by atoms with E-state index in [2.05, 4.69) is 15.0 Å². The van der Waals surface area contributed by atoms with Crippen LogP contribution in [0, 0.1) is 0 Å². The molecule has 0 radical (unpaired) electrons. The number of carbonyl (C=O) groups is 1. The summed E-state index contributed by atoms with van der Waals surface area (Å²) in [6.07, 6.45) is -1.78. The van der Waals surface area contributed by atoms with Crippen LogP contribution >= 0.6 is 0 Å². The average Bonchev–Trinajstić information content (AvgIpc) is 3.07. The van der Waals surface area contributed by atoms with Crippen molar-refractivity contribution in [3.05, 3.63) is 66.0 Å². The monoisotopic (exact) mass is 422 g/mol. The number of nitrogens with one attached hydrogen (secondary N) is 1. The molecule has 0 spiro atoms. The number of alkyl halides is 5. The van der Waals surface area contributed by atoms with Crippen molar-refractivity contribution < 1.29 is 35.9 Å². The van der Waals surface area contributed by atoms with Gasteiger partial charge < -0.3 is 14.5 Å². The first-order valence-electron chi connectivity index (χ1n) is 8.46. The van der Waals surface area contributed by atoms with Crippen LogP contribution in [0.3, 0.4) is 0 Å².